The monoisotopic (exact) mass is 733 g/mol. The summed E-state index contributed by atoms with van der Waals surface area (Å²) in [5, 5.41) is 5.29. The van der Waals surface area contributed by atoms with Crippen LogP contribution < -0.4 is 4.90 Å². The molecule has 1 unspecified atom stereocenters. The van der Waals surface area contributed by atoms with Crippen molar-refractivity contribution in [1.82, 2.24) is 0 Å². The van der Waals surface area contributed by atoms with E-state index in [2.05, 4.69) is 189 Å². The van der Waals surface area contributed by atoms with Crippen LogP contribution in [0.3, 0.4) is 0 Å². The minimum absolute atomic E-state index is 0.0509. The number of benzene rings is 4. The van der Waals surface area contributed by atoms with Gasteiger partial charge in [0.15, 0.2) is 5.71 Å². The van der Waals surface area contributed by atoms with E-state index in [1.807, 2.05) is 33.5 Å². The minimum Gasteiger partial charge on any atom is -0.344 e. The molecule has 1 atom stereocenters. The number of alkyl halides is 1. The lowest BCUT2D eigenvalue weighted by Gasteiger charge is -2.28. The molecule has 3 heteroatoms. The van der Waals surface area contributed by atoms with Gasteiger partial charge >= 0.3 is 0 Å². The van der Waals surface area contributed by atoms with Gasteiger partial charge in [-0.2, -0.15) is 4.58 Å². The van der Waals surface area contributed by atoms with Crippen molar-refractivity contribution >= 4 is 54.6 Å². The van der Waals surface area contributed by atoms with E-state index in [9.17, 15) is 0 Å². The van der Waals surface area contributed by atoms with Crippen molar-refractivity contribution < 1.29 is 4.58 Å². The van der Waals surface area contributed by atoms with Crippen LogP contribution in [0.2, 0.25) is 0 Å². The van der Waals surface area contributed by atoms with E-state index in [4.69, 9.17) is 0 Å². The number of hydrogen-bond acceptors (Lipinski definition) is 1. The molecule has 0 aliphatic carbocycles. The molecule has 0 N–H and O–H groups in total. The summed E-state index contributed by atoms with van der Waals surface area (Å²) >= 11 is 2.94. The zero-order chi connectivity index (χ0) is 37.1. The molecule has 4 aromatic carbocycles. The molecular formula is C47H62BrN2+. The van der Waals surface area contributed by atoms with E-state index in [1.54, 1.807) is 0 Å². The van der Waals surface area contributed by atoms with E-state index in [0.717, 1.165) is 6.54 Å². The third kappa shape index (κ3) is 8.10. The lowest BCUT2D eigenvalue weighted by molar-refractivity contribution is -0.399. The van der Waals surface area contributed by atoms with Crippen LogP contribution in [0.15, 0.2) is 121 Å². The van der Waals surface area contributed by atoms with Gasteiger partial charge in [-0.05, 0) is 72.0 Å². The standard InChI is InChI=1S/C42H47N2.2C2H6.CH3Br/c1-8-30(2)28-29-44-36-27-25-31-18-14-16-20-33(31)39(36)42(5,6)38(44)23-13-11-9-10-12-22-37-41(3,4)35-26-24-32-19-15-17-21-34(32)40(35)43(37)7;3*1-2/h9-27,30H,8,28-29H2,1-7H3;2*1-2H3;1H3/q+1;;;. The van der Waals surface area contributed by atoms with Crippen molar-refractivity contribution in [2.24, 2.45) is 5.92 Å². The summed E-state index contributed by atoms with van der Waals surface area (Å²) < 4.78 is 2.37. The molecule has 2 heterocycles. The Morgan fingerprint density at radius 2 is 1.28 bits per heavy atom. The average Bonchev–Trinajstić information content (AvgIpc) is 3.50. The van der Waals surface area contributed by atoms with Gasteiger partial charge in [-0.3, -0.25) is 0 Å². The molecule has 0 radical (unpaired) electrons. The Balaban J connectivity index is 0.00000107. The molecular weight excluding hydrogens is 672 g/mol. The number of anilines is 1. The highest BCUT2D eigenvalue weighted by Gasteiger charge is 2.44. The Bertz CT molecular complexity index is 1880. The van der Waals surface area contributed by atoms with E-state index >= 15 is 0 Å². The van der Waals surface area contributed by atoms with Gasteiger partial charge in [0.1, 0.15) is 7.05 Å². The van der Waals surface area contributed by atoms with Crippen molar-refractivity contribution in [1.29, 1.82) is 0 Å². The van der Waals surface area contributed by atoms with Crippen molar-refractivity contribution in [3.05, 3.63) is 132 Å². The molecule has 0 aromatic heterocycles. The number of allylic oxidation sites excluding steroid dienone is 8. The van der Waals surface area contributed by atoms with Crippen molar-refractivity contribution in [2.45, 2.75) is 92.9 Å². The number of fused-ring (bicyclic) bond motifs is 6. The second-order valence-corrected chi connectivity index (χ2v) is 13.7. The van der Waals surface area contributed by atoms with Gasteiger partial charge in [-0.15, -0.1) is 0 Å². The van der Waals surface area contributed by atoms with Crippen LogP contribution in [-0.4, -0.2) is 29.7 Å². The highest BCUT2D eigenvalue weighted by atomic mass is 79.9. The van der Waals surface area contributed by atoms with Crippen LogP contribution in [0.4, 0.5) is 11.4 Å². The maximum atomic E-state index is 2.94. The number of halogens is 1. The Kier molecular flexibility index (Phi) is 15.1. The third-order valence-electron chi connectivity index (χ3n) is 10.2. The first-order valence-corrected chi connectivity index (χ1v) is 20.3. The molecule has 0 amide bonds. The zero-order valence-corrected chi connectivity index (χ0v) is 34.5. The SMILES string of the molecule is CBr.CC.CC.CCC(C)CCN1/C(=C/C=C/C=C/C=C/C2=[N+](C)c3c(ccc4ccccc34)C2(C)C)C(C)(C)c2c1ccc1ccccc21. The lowest BCUT2D eigenvalue weighted by Crippen LogP contribution is -2.27. The van der Waals surface area contributed by atoms with Crippen LogP contribution in [0.5, 0.6) is 0 Å². The Morgan fingerprint density at radius 3 is 1.94 bits per heavy atom. The van der Waals surface area contributed by atoms with Crippen LogP contribution >= 0.6 is 15.9 Å². The molecule has 50 heavy (non-hydrogen) atoms. The molecule has 0 fully saturated rings. The van der Waals surface area contributed by atoms with Gasteiger partial charge in [0, 0.05) is 35.0 Å². The molecule has 0 saturated heterocycles. The fourth-order valence-corrected chi connectivity index (χ4v) is 7.43. The van der Waals surface area contributed by atoms with Crippen molar-refractivity contribution in [2.75, 3.05) is 24.3 Å². The smallest absolute Gasteiger partial charge is 0.217 e. The van der Waals surface area contributed by atoms with Crippen LogP contribution in [0.1, 0.15) is 93.2 Å². The maximum Gasteiger partial charge on any atom is 0.217 e. The highest BCUT2D eigenvalue weighted by Crippen LogP contribution is 2.51. The molecule has 6 rings (SSSR count). The van der Waals surface area contributed by atoms with Gasteiger partial charge in [0.2, 0.25) is 5.69 Å². The summed E-state index contributed by atoms with van der Waals surface area (Å²) in [5.74, 6) is 2.52. The van der Waals surface area contributed by atoms with Crippen LogP contribution in [0, 0.1) is 5.92 Å². The average molecular weight is 735 g/mol. The number of rotatable bonds is 8. The summed E-state index contributed by atoms with van der Waals surface area (Å²) in [6, 6.07) is 26.7. The molecule has 2 nitrogen and oxygen atoms in total. The fraction of sp³-hybridized carbons (Fsp3) is 0.383. The first kappa shape index (κ1) is 40.7. The summed E-state index contributed by atoms with van der Waals surface area (Å²) in [6.07, 6.45) is 17.9. The van der Waals surface area contributed by atoms with E-state index in [0.29, 0.717) is 5.92 Å². The largest absolute Gasteiger partial charge is 0.344 e. The normalized spacial score (nSPS) is 17.1. The predicted octanol–water partition coefficient (Wildman–Crippen LogP) is 13.8. The predicted molar refractivity (Wildman–Crippen MR) is 229 cm³/mol. The zero-order valence-electron chi connectivity index (χ0n) is 32.9. The molecule has 0 bridgehead atoms. The quantitative estimate of drug-likeness (QED) is 0.0992. The van der Waals surface area contributed by atoms with E-state index in [-0.39, 0.29) is 10.8 Å². The first-order valence-electron chi connectivity index (χ1n) is 18.7. The van der Waals surface area contributed by atoms with Gasteiger partial charge in [-0.1, -0.05) is 169 Å². The lowest BCUT2D eigenvalue weighted by atomic mass is 9.80. The Labute approximate surface area is 313 Å². The summed E-state index contributed by atoms with van der Waals surface area (Å²) in [4.78, 5) is 2.58. The van der Waals surface area contributed by atoms with Crippen molar-refractivity contribution in [3.8, 4) is 0 Å². The Hall–Kier alpha value is -3.69. The summed E-state index contributed by atoms with van der Waals surface area (Å²) in [5.41, 5.74) is 8.10. The van der Waals surface area contributed by atoms with Crippen molar-refractivity contribution in [3.63, 3.8) is 0 Å². The summed E-state index contributed by atoms with van der Waals surface area (Å²) in [7, 11) is 2.20. The van der Waals surface area contributed by atoms with Gasteiger partial charge in [0.05, 0.1) is 10.8 Å². The van der Waals surface area contributed by atoms with Crippen LogP contribution in [-0.2, 0) is 10.8 Å². The van der Waals surface area contributed by atoms with Gasteiger partial charge in [-0.25, -0.2) is 0 Å². The maximum absolute atomic E-state index is 2.94. The molecule has 266 valence electrons. The second-order valence-electron chi connectivity index (χ2n) is 13.7. The van der Waals surface area contributed by atoms with Gasteiger partial charge in [0.25, 0.3) is 0 Å². The topological polar surface area (TPSA) is 6.25 Å². The molecule has 2 aliphatic heterocycles. The van der Waals surface area contributed by atoms with E-state index in [1.165, 1.54) is 68.3 Å². The highest BCUT2D eigenvalue weighted by molar-refractivity contribution is 9.08. The number of hydrogen-bond donors (Lipinski definition) is 0. The van der Waals surface area contributed by atoms with Gasteiger partial charge < -0.3 is 4.90 Å². The summed E-state index contributed by atoms with van der Waals surface area (Å²) in [6.45, 7) is 23.1. The molecule has 0 spiro atoms. The Morgan fingerprint density at radius 1 is 0.720 bits per heavy atom. The molecule has 0 saturated carbocycles. The third-order valence-corrected chi connectivity index (χ3v) is 10.2. The number of nitrogens with zero attached hydrogens (tertiary/aromatic N) is 2. The molecule has 2 aliphatic rings. The fourth-order valence-electron chi connectivity index (χ4n) is 7.43. The minimum atomic E-state index is -0.0753. The van der Waals surface area contributed by atoms with E-state index < -0.39 is 0 Å². The molecule has 4 aromatic rings. The second kappa shape index (κ2) is 18.5. The van der Waals surface area contributed by atoms with Crippen LogP contribution in [0.25, 0.3) is 21.5 Å². The first-order chi connectivity index (χ1) is 24.2.